The highest BCUT2D eigenvalue weighted by Crippen LogP contribution is 2.45. The van der Waals surface area contributed by atoms with Crippen LogP contribution in [0.3, 0.4) is 0 Å². The molecule has 0 aliphatic heterocycles. The van der Waals surface area contributed by atoms with Gasteiger partial charge in [0.25, 0.3) is 0 Å². The standard InChI is InChI=1S/C25H22ClNO3/c1-15-11-12-18(26)22(30-14-16-8-5-4-6-9-16)19(15)20-21(28)17-10-7-13-27-23(17)25(2,3)24(20)29/h4-13,20H,14H2,1-3H3. The SMILES string of the molecule is Cc1ccc(Cl)c(OCc2ccccc2)c1C1C(=O)c2cccnc2C(C)(C)C1=O. The van der Waals surface area contributed by atoms with Crippen LogP contribution < -0.4 is 4.74 Å². The summed E-state index contributed by atoms with van der Waals surface area (Å²) in [4.78, 5) is 31.3. The molecule has 0 bridgehead atoms. The first-order chi connectivity index (χ1) is 14.3. The van der Waals surface area contributed by atoms with Crippen LogP contribution in [0.15, 0.2) is 60.8 Å². The van der Waals surface area contributed by atoms with Gasteiger partial charge in [0.05, 0.1) is 16.1 Å². The van der Waals surface area contributed by atoms with Crippen LogP contribution in [0.2, 0.25) is 5.02 Å². The van der Waals surface area contributed by atoms with Crippen LogP contribution in [0.25, 0.3) is 0 Å². The van der Waals surface area contributed by atoms with E-state index in [1.54, 1.807) is 24.4 Å². The van der Waals surface area contributed by atoms with Crippen molar-refractivity contribution in [2.45, 2.75) is 38.7 Å². The first kappa shape index (κ1) is 20.3. The Balaban J connectivity index is 1.83. The summed E-state index contributed by atoms with van der Waals surface area (Å²) < 4.78 is 6.09. The number of nitrogens with zero attached hydrogens (tertiary/aromatic N) is 1. The molecule has 1 unspecified atom stereocenters. The van der Waals surface area contributed by atoms with Crippen molar-refractivity contribution in [2.75, 3.05) is 0 Å². The molecule has 2 aromatic carbocycles. The zero-order valence-electron chi connectivity index (χ0n) is 17.1. The van der Waals surface area contributed by atoms with Crippen molar-refractivity contribution in [1.29, 1.82) is 0 Å². The summed E-state index contributed by atoms with van der Waals surface area (Å²) >= 11 is 6.49. The van der Waals surface area contributed by atoms with E-state index in [0.717, 1.165) is 11.1 Å². The van der Waals surface area contributed by atoms with Gasteiger partial charge in [-0.05, 0) is 50.1 Å². The number of hydrogen-bond donors (Lipinski definition) is 0. The maximum Gasteiger partial charge on any atom is 0.179 e. The fourth-order valence-electron chi connectivity index (χ4n) is 4.02. The van der Waals surface area contributed by atoms with Gasteiger partial charge in [0, 0.05) is 17.3 Å². The number of benzene rings is 2. The fraction of sp³-hybridized carbons (Fsp3) is 0.240. The summed E-state index contributed by atoms with van der Waals surface area (Å²) in [5.41, 5.74) is 2.38. The summed E-state index contributed by atoms with van der Waals surface area (Å²) in [6, 6.07) is 16.7. The van der Waals surface area contributed by atoms with E-state index in [1.807, 2.05) is 57.2 Å². The number of ether oxygens (including phenoxy) is 1. The number of pyridine rings is 1. The molecule has 1 aliphatic rings. The molecule has 4 rings (SSSR count). The Bertz CT molecular complexity index is 1140. The molecule has 3 aromatic rings. The van der Waals surface area contributed by atoms with Crippen LogP contribution in [0.5, 0.6) is 5.75 Å². The number of rotatable bonds is 4. The van der Waals surface area contributed by atoms with E-state index in [2.05, 4.69) is 4.98 Å². The molecule has 1 heterocycles. The van der Waals surface area contributed by atoms with Crippen LogP contribution in [-0.4, -0.2) is 16.6 Å². The number of Topliss-reactive ketones (excluding diaryl/α,β-unsaturated/α-hetero) is 2. The fourth-order valence-corrected chi connectivity index (χ4v) is 4.24. The molecule has 0 radical (unpaired) electrons. The lowest BCUT2D eigenvalue weighted by Crippen LogP contribution is -2.44. The minimum atomic E-state index is -0.985. The van der Waals surface area contributed by atoms with Gasteiger partial charge in [-0.15, -0.1) is 0 Å². The summed E-state index contributed by atoms with van der Waals surface area (Å²) in [5, 5.41) is 0.377. The topological polar surface area (TPSA) is 56.3 Å². The maximum absolute atomic E-state index is 13.6. The smallest absolute Gasteiger partial charge is 0.179 e. The number of ketones is 2. The van der Waals surface area contributed by atoms with E-state index in [4.69, 9.17) is 16.3 Å². The monoisotopic (exact) mass is 419 g/mol. The van der Waals surface area contributed by atoms with Crippen molar-refractivity contribution in [3.8, 4) is 5.75 Å². The van der Waals surface area contributed by atoms with Crippen LogP contribution in [0.4, 0.5) is 0 Å². The zero-order valence-corrected chi connectivity index (χ0v) is 17.9. The number of carbonyl (C=O) groups excluding carboxylic acids is 2. The van der Waals surface area contributed by atoms with Crippen LogP contribution in [0.1, 0.15) is 52.5 Å². The van der Waals surface area contributed by atoms with Crippen molar-refractivity contribution >= 4 is 23.2 Å². The van der Waals surface area contributed by atoms with E-state index in [1.165, 1.54) is 0 Å². The summed E-state index contributed by atoms with van der Waals surface area (Å²) in [6.07, 6.45) is 1.61. The Labute approximate surface area is 180 Å². The Morgan fingerprint density at radius 3 is 2.50 bits per heavy atom. The molecular formula is C25H22ClNO3. The summed E-state index contributed by atoms with van der Waals surface area (Å²) in [7, 11) is 0. The van der Waals surface area contributed by atoms with Gasteiger partial charge >= 0.3 is 0 Å². The predicted molar refractivity (Wildman–Crippen MR) is 116 cm³/mol. The second-order valence-electron chi connectivity index (χ2n) is 8.07. The van der Waals surface area contributed by atoms with E-state index >= 15 is 0 Å². The van der Waals surface area contributed by atoms with Gasteiger partial charge in [-0.25, -0.2) is 0 Å². The molecule has 0 saturated heterocycles. The minimum absolute atomic E-state index is 0.200. The maximum atomic E-state index is 13.6. The third-order valence-electron chi connectivity index (χ3n) is 5.69. The lowest BCUT2D eigenvalue weighted by molar-refractivity contribution is -0.124. The highest BCUT2D eigenvalue weighted by molar-refractivity contribution is 6.32. The molecule has 0 fully saturated rings. The Hall–Kier alpha value is -2.98. The number of aromatic nitrogens is 1. The number of hydrogen-bond acceptors (Lipinski definition) is 4. The third kappa shape index (κ3) is 3.31. The molecule has 0 spiro atoms. The van der Waals surface area contributed by atoms with Crippen molar-refractivity contribution < 1.29 is 14.3 Å². The molecular weight excluding hydrogens is 398 g/mol. The number of aryl methyl sites for hydroxylation is 1. The van der Waals surface area contributed by atoms with Gasteiger partial charge in [0.15, 0.2) is 11.6 Å². The Morgan fingerprint density at radius 1 is 1.03 bits per heavy atom. The average molecular weight is 420 g/mol. The largest absolute Gasteiger partial charge is 0.487 e. The van der Waals surface area contributed by atoms with Crippen LogP contribution in [0, 0.1) is 6.92 Å². The van der Waals surface area contributed by atoms with Crippen LogP contribution in [-0.2, 0) is 16.8 Å². The molecule has 5 heteroatoms. The number of halogens is 1. The molecule has 4 nitrogen and oxygen atoms in total. The third-order valence-corrected chi connectivity index (χ3v) is 5.98. The van der Waals surface area contributed by atoms with Crippen molar-refractivity contribution in [3.63, 3.8) is 0 Å². The minimum Gasteiger partial charge on any atom is -0.487 e. The highest BCUT2D eigenvalue weighted by Gasteiger charge is 2.49. The van der Waals surface area contributed by atoms with Gasteiger partial charge in [-0.3, -0.25) is 14.6 Å². The van der Waals surface area contributed by atoms with E-state index in [0.29, 0.717) is 27.6 Å². The predicted octanol–water partition coefficient (Wildman–Crippen LogP) is 5.45. The second kappa shape index (κ2) is 7.69. The van der Waals surface area contributed by atoms with Gasteiger partial charge in [-0.2, -0.15) is 0 Å². The zero-order chi connectivity index (χ0) is 21.5. The van der Waals surface area contributed by atoms with Crippen molar-refractivity contribution in [3.05, 3.63) is 93.8 Å². The molecule has 1 aromatic heterocycles. The van der Waals surface area contributed by atoms with Crippen molar-refractivity contribution in [2.24, 2.45) is 0 Å². The molecule has 0 amide bonds. The second-order valence-corrected chi connectivity index (χ2v) is 8.47. The highest BCUT2D eigenvalue weighted by atomic mass is 35.5. The Morgan fingerprint density at radius 2 is 1.77 bits per heavy atom. The number of carbonyl (C=O) groups is 2. The van der Waals surface area contributed by atoms with E-state index in [9.17, 15) is 9.59 Å². The summed E-state index contributed by atoms with van der Waals surface area (Å²) in [5.74, 6) is -1.07. The van der Waals surface area contributed by atoms with Gasteiger partial charge < -0.3 is 4.74 Å². The first-order valence-electron chi connectivity index (χ1n) is 9.82. The Kier molecular flexibility index (Phi) is 5.20. The average Bonchev–Trinajstić information content (AvgIpc) is 2.75. The quantitative estimate of drug-likeness (QED) is 0.527. The van der Waals surface area contributed by atoms with E-state index < -0.39 is 11.3 Å². The van der Waals surface area contributed by atoms with Crippen LogP contribution >= 0.6 is 11.6 Å². The molecule has 152 valence electrons. The molecule has 1 atom stereocenters. The van der Waals surface area contributed by atoms with Crippen molar-refractivity contribution in [1.82, 2.24) is 4.98 Å². The molecule has 0 saturated carbocycles. The van der Waals surface area contributed by atoms with E-state index in [-0.39, 0.29) is 18.2 Å². The molecule has 1 aliphatic carbocycles. The first-order valence-corrected chi connectivity index (χ1v) is 10.2. The molecule has 30 heavy (non-hydrogen) atoms. The lowest BCUT2D eigenvalue weighted by atomic mass is 9.66. The van der Waals surface area contributed by atoms with Gasteiger partial charge in [0.2, 0.25) is 0 Å². The number of fused-ring (bicyclic) bond motifs is 1. The summed E-state index contributed by atoms with van der Waals surface area (Å²) in [6.45, 7) is 5.77. The molecule has 0 N–H and O–H groups in total. The van der Waals surface area contributed by atoms with Gasteiger partial charge in [-0.1, -0.05) is 48.0 Å². The van der Waals surface area contributed by atoms with Gasteiger partial charge in [0.1, 0.15) is 18.3 Å². The lowest BCUT2D eigenvalue weighted by Gasteiger charge is -2.35. The normalized spacial score (nSPS) is 17.5.